The van der Waals surface area contributed by atoms with Gasteiger partial charge in [0.15, 0.2) is 0 Å². The monoisotopic (exact) mass is 229 g/mol. The molecule has 1 atom stereocenters. The van der Waals surface area contributed by atoms with Crippen LogP contribution in [0.15, 0.2) is 30.5 Å². The van der Waals surface area contributed by atoms with E-state index >= 15 is 0 Å². The molecular weight excluding hydrogens is 214 g/mol. The Morgan fingerprint density at radius 3 is 3.12 bits per heavy atom. The van der Waals surface area contributed by atoms with Gasteiger partial charge in [-0.3, -0.25) is 10.1 Å². The number of anilines is 1. The molecule has 1 aliphatic rings. The summed E-state index contributed by atoms with van der Waals surface area (Å²) in [6.07, 6.45) is 2.93. The molecule has 0 amide bonds. The van der Waals surface area contributed by atoms with E-state index in [1.165, 1.54) is 0 Å². The van der Waals surface area contributed by atoms with E-state index in [0.29, 0.717) is 6.04 Å². The second kappa shape index (κ2) is 4.55. The molecule has 5 nitrogen and oxygen atoms in total. The van der Waals surface area contributed by atoms with Crippen molar-refractivity contribution in [3.63, 3.8) is 0 Å². The molecule has 0 radical (unpaired) electrons. The van der Waals surface area contributed by atoms with Gasteiger partial charge >= 0.3 is 0 Å². The minimum Gasteiger partial charge on any atom is -0.365 e. The zero-order valence-electron chi connectivity index (χ0n) is 9.48. The summed E-state index contributed by atoms with van der Waals surface area (Å²) in [7, 11) is 0. The third-order valence-electron chi connectivity index (χ3n) is 2.93. The first-order chi connectivity index (χ1) is 8.42. The van der Waals surface area contributed by atoms with Crippen molar-refractivity contribution in [2.75, 3.05) is 18.4 Å². The lowest BCUT2D eigenvalue weighted by Gasteiger charge is -2.08. The number of rotatable bonds is 3. The van der Waals surface area contributed by atoms with Crippen LogP contribution >= 0.6 is 0 Å². The zero-order valence-corrected chi connectivity index (χ0v) is 9.48. The van der Waals surface area contributed by atoms with Gasteiger partial charge in [0.05, 0.1) is 11.4 Å². The Kier molecular flexibility index (Phi) is 2.75. The number of H-pyrrole nitrogens is 1. The number of aromatic amines is 1. The van der Waals surface area contributed by atoms with Gasteiger partial charge in [0.25, 0.3) is 0 Å². The van der Waals surface area contributed by atoms with Gasteiger partial charge in [0.1, 0.15) is 5.82 Å². The average molecular weight is 229 g/mol. The SMILES string of the molecule is c1ccc(-c2cc(NC3CCNC3)n[nH]2)nc1. The van der Waals surface area contributed by atoms with Gasteiger partial charge in [0.2, 0.25) is 0 Å². The smallest absolute Gasteiger partial charge is 0.148 e. The summed E-state index contributed by atoms with van der Waals surface area (Å²) in [6, 6.07) is 8.32. The Morgan fingerprint density at radius 1 is 1.35 bits per heavy atom. The van der Waals surface area contributed by atoms with Gasteiger partial charge in [0, 0.05) is 24.8 Å². The second-order valence-corrected chi connectivity index (χ2v) is 4.22. The van der Waals surface area contributed by atoms with Gasteiger partial charge in [-0.2, -0.15) is 5.10 Å². The number of hydrogen-bond donors (Lipinski definition) is 3. The minimum atomic E-state index is 0.481. The molecule has 0 spiro atoms. The standard InChI is InChI=1S/C12H15N5/c1-2-5-14-10(3-1)11-7-12(17-16-11)15-9-4-6-13-8-9/h1-3,5,7,9,13H,4,6,8H2,(H2,15,16,17). The molecule has 88 valence electrons. The van der Waals surface area contributed by atoms with Gasteiger partial charge in [-0.25, -0.2) is 0 Å². The largest absolute Gasteiger partial charge is 0.365 e. The van der Waals surface area contributed by atoms with Crippen molar-refractivity contribution in [1.29, 1.82) is 0 Å². The summed E-state index contributed by atoms with van der Waals surface area (Å²) >= 11 is 0. The second-order valence-electron chi connectivity index (χ2n) is 4.22. The molecule has 2 aromatic rings. The molecule has 0 aliphatic carbocycles. The van der Waals surface area contributed by atoms with E-state index in [-0.39, 0.29) is 0 Å². The molecule has 0 aromatic carbocycles. The van der Waals surface area contributed by atoms with Crippen LogP contribution in [0.5, 0.6) is 0 Å². The van der Waals surface area contributed by atoms with Gasteiger partial charge in [-0.1, -0.05) is 6.07 Å². The van der Waals surface area contributed by atoms with Crippen LogP contribution in [0.3, 0.4) is 0 Å². The third kappa shape index (κ3) is 2.29. The number of hydrogen-bond acceptors (Lipinski definition) is 4. The van der Waals surface area contributed by atoms with E-state index in [1.54, 1.807) is 6.20 Å². The summed E-state index contributed by atoms with van der Waals surface area (Å²) in [5.41, 5.74) is 1.86. The minimum absolute atomic E-state index is 0.481. The van der Waals surface area contributed by atoms with Crippen LogP contribution in [0.25, 0.3) is 11.4 Å². The van der Waals surface area contributed by atoms with Crippen molar-refractivity contribution in [3.05, 3.63) is 30.5 Å². The van der Waals surface area contributed by atoms with Gasteiger partial charge in [-0.05, 0) is 25.1 Å². The first kappa shape index (κ1) is 10.3. The van der Waals surface area contributed by atoms with Crippen molar-refractivity contribution < 1.29 is 0 Å². The molecule has 1 aliphatic heterocycles. The molecule has 3 N–H and O–H groups in total. The first-order valence-corrected chi connectivity index (χ1v) is 5.86. The molecule has 1 saturated heterocycles. The Hall–Kier alpha value is -1.88. The van der Waals surface area contributed by atoms with Crippen molar-refractivity contribution in [2.45, 2.75) is 12.5 Å². The van der Waals surface area contributed by atoms with Crippen LogP contribution < -0.4 is 10.6 Å². The Bertz CT molecular complexity index is 473. The molecule has 3 rings (SSSR count). The van der Waals surface area contributed by atoms with Crippen molar-refractivity contribution in [3.8, 4) is 11.4 Å². The van der Waals surface area contributed by atoms with Crippen LogP contribution in [-0.2, 0) is 0 Å². The molecule has 3 heterocycles. The zero-order chi connectivity index (χ0) is 11.5. The normalized spacial score (nSPS) is 19.4. The maximum absolute atomic E-state index is 4.28. The van der Waals surface area contributed by atoms with Crippen molar-refractivity contribution in [2.24, 2.45) is 0 Å². The number of nitrogens with one attached hydrogen (secondary N) is 3. The van der Waals surface area contributed by atoms with Gasteiger partial charge < -0.3 is 10.6 Å². The van der Waals surface area contributed by atoms with E-state index in [9.17, 15) is 0 Å². The maximum Gasteiger partial charge on any atom is 0.148 e. The fourth-order valence-electron chi connectivity index (χ4n) is 2.04. The molecule has 2 aromatic heterocycles. The van der Waals surface area contributed by atoms with Gasteiger partial charge in [-0.15, -0.1) is 0 Å². The topological polar surface area (TPSA) is 65.6 Å². The quantitative estimate of drug-likeness (QED) is 0.741. The molecule has 1 fully saturated rings. The lowest BCUT2D eigenvalue weighted by Crippen LogP contribution is -2.22. The Balaban J connectivity index is 1.74. The predicted molar refractivity (Wildman–Crippen MR) is 66.7 cm³/mol. The molecule has 1 unspecified atom stereocenters. The molecule has 0 bridgehead atoms. The highest BCUT2D eigenvalue weighted by atomic mass is 15.2. The summed E-state index contributed by atoms with van der Waals surface area (Å²) in [5.74, 6) is 0.888. The Labute approximate surface area is 99.7 Å². The summed E-state index contributed by atoms with van der Waals surface area (Å²) < 4.78 is 0. The van der Waals surface area contributed by atoms with Crippen LogP contribution in [0.4, 0.5) is 5.82 Å². The van der Waals surface area contributed by atoms with E-state index in [1.807, 2.05) is 24.3 Å². The van der Waals surface area contributed by atoms with Crippen LogP contribution in [0.2, 0.25) is 0 Å². The number of aromatic nitrogens is 3. The maximum atomic E-state index is 4.28. The highest BCUT2D eigenvalue weighted by Crippen LogP contribution is 2.18. The summed E-state index contributed by atoms with van der Waals surface area (Å²) in [5, 5.41) is 14.0. The fourth-order valence-corrected chi connectivity index (χ4v) is 2.04. The highest BCUT2D eigenvalue weighted by Gasteiger charge is 2.15. The molecule has 0 saturated carbocycles. The van der Waals surface area contributed by atoms with Crippen LogP contribution in [0.1, 0.15) is 6.42 Å². The molecular formula is C12H15N5. The summed E-state index contributed by atoms with van der Waals surface area (Å²) in [4.78, 5) is 4.28. The van der Waals surface area contributed by atoms with Crippen LogP contribution in [-0.4, -0.2) is 34.3 Å². The van der Waals surface area contributed by atoms with E-state index in [0.717, 1.165) is 36.7 Å². The van der Waals surface area contributed by atoms with Crippen molar-refractivity contribution >= 4 is 5.82 Å². The van der Waals surface area contributed by atoms with Crippen LogP contribution in [0, 0.1) is 0 Å². The molecule has 17 heavy (non-hydrogen) atoms. The van der Waals surface area contributed by atoms with E-state index in [4.69, 9.17) is 0 Å². The lowest BCUT2D eigenvalue weighted by atomic mass is 10.2. The van der Waals surface area contributed by atoms with E-state index in [2.05, 4.69) is 25.8 Å². The van der Waals surface area contributed by atoms with E-state index < -0.39 is 0 Å². The Morgan fingerprint density at radius 2 is 2.35 bits per heavy atom. The first-order valence-electron chi connectivity index (χ1n) is 5.86. The summed E-state index contributed by atoms with van der Waals surface area (Å²) in [6.45, 7) is 2.08. The third-order valence-corrected chi connectivity index (χ3v) is 2.93. The predicted octanol–water partition coefficient (Wildman–Crippen LogP) is 1.25. The average Bonchev–Trinajstić information content (AvgIpc) is 3.02. The fraction of sp³-hybridized carbons (Fsp3) is 0.333. The van der Waals surface area contributed by atoms with Crippen molar-refractivity contribution in [1.82, 2.24) is 20.5 Å². The molecule has 5 heteroatoms. The lowest BCUT2D eigenvalue weighted by molar-refractivity contribution is 0.786. The number of pyridine rings is 1. The number of nitrogens with zero attached hydrogens (tertiary/aromatic N) is 2. The highest BCUT2D eigenvalue weighted by molar-refractivity contribution is 5.58.